The minimum absolute atomic E-state index is 0.459. The first-order valence-corrected chi connectivity index (χ1v) is 7.60. The zero-order chi connectivity index (χ0) is 14.3. The maximum Gasteiger partial charge on any atom is 0.0453 e. The zero-order valence-corrected chi connectivity index (χ0v) is 13.6. The third-order valence-corrected chi connectivity index (χ3v) is 3.68. The monoisotopic (exact) mass is 302 g/mol. The molecule has 4 heteroatoms. The molecule has 1 aromatic rings. The van der Waals surface area contributed by atoms with E-state index in [2.05, 4.69) is 31.2 Å². The van der Waals surface area contributed by atoms with Crippen molar-refractivity contribution < 1.29 is 0 Å². The highest BCUT2D eigenvalue weighted by Crippen LogP contribution is 2.22. The molecule has 0 bridgehead atoms. The van der Waals surface area contributed by atoms with Crippen molar-refractivity contribution in [1.29, 1.82) is 0 Å². The van der Waals surface area contributed by atoms with E-state index in [1.807, 2.05) is 18.2 Å². The Morgan fingerprint density at radius 3 is 2.58 bits per heavy atom. The van der Waals surface area contributed by atoms with Gasteiger partial charge in [-0.25, -0.2) is 0 Å². The van der Waals surface area contributed by atoms with Gasteiger partial charge in [0, 0.05) is 16.1 Å². The third kappa shape index (κ3) is 6.62. The van der Waals surface area contributed by atoms with Gasteiger partial charge in [-0.1, -0.05) is 36.2 Å². The number of hydrogen-bond donors (Lipinski definition) is 1. The molecule has 1 atom stereocenters. The van der Waals surface area contributed by atoms with Crippen LogP contribution in [0.3, 0.4) is 0 Å². The second-order valence-corrected chi connectivity index (χ2v) is 6.03. The topological polar surface area (TPSA) is 15.3 Å². The maximum atomic E-state index is 6.25. The number of halogens is 2. The molecule has 108 valence electrons. The fraction of sp³-hybridized carbons (Fsp3) is 0.600. The van der Waals surface area contributed by atoms with Crippen LogP contribution in [0, 0.1) is 0 Å². The van der Waals surface area contributed by atoms with E-state index in [1.165, 1.54) is 5.56 Å². The van der Waals surface area contributed by atoms with Crippen LogP contribution in [0.2, 0.25) is 10.0 Å². The van der Waals surface area contributed by atoms with Gasteiger partial charge in [-0.05, 0) is 64.1 Å². The highest BCUT2D eigenvalue weighted by molar-refractivity contribution is 6.35. The lowest BCUT2D eigenvalue weighted by atomic mass is 10.0. The van der Waals surface area contributed by atoms with Crippen LogP contribution in [0.25, 0.3) is 0 Å². The summed E-state index contributed by atoms with van der Waals surface area (Å²) in [6, 6.07) is 6.22. The van der Waals surface area contributed by atoms with Gasteiger partial charge in [0.2, 0.25) is 0 Å². The van der Waals surface area contributed by atoms with Gasteiger partial charge in [0.25, 0.3) is 0 Å². The van der Waals surface area contributed by atoms with E-state index in [9.17, 15) is 0 Å². The number of rotatable bonds is 8. The molecule has 0 aliphatic rings. The van der Waals surface area contributed by atoms with Crippen LogP contribution in [0.1, 0.15) is 25.3 Å². The second kappa shape index (κ2) is 8.80. The lowest BCUT2D eigenvalue weighted by Crippen LogP contribution is -2.34. The summed E-state index contributed by atoms with van der Waals surface area (Å²) in [5, 5.41) is 5.06. The summed E-state index contributed by atoms with van der Waals surface area (Å²) in [5.41, 5.74) is 1.17. The van der Waals surface area contributed by atoms with E-state index in [4.69, 9.17) is 23.2 Å². The molecule has 0 aromatic heterocycles. The summed E-state index contributed by atoms with van der Waals surface area (Å²) in [6.45, 7) is 4.31. The Morgan fingerprint density at radius 2 is 2.00 bits per heavy atom. The molecule has 1 N–H and O–H groups in total. The molecule has 1 rings (SSSR count). The Bertz CT molecular complexity index is 380. The van der Waals surface area contributed by atoms with E-state index in [-0.39, 0.29) is 0 Å². The minimum atomic E-state index is 0.459. The molecule has 0 fully saturated rings. The quantitative estimate of drug-likeness (QED) is 0.784. The van der Waals surface area contributed by atoms with Gasteiger partial charge in [0.05, 0.1) is 0 Å². The summed E-state index contributed by atoms with van der Waals surface area (Å²) >= 11 is 12.2. The largest absolute Gasteiger partial charge is 0.314 e. The molecule has 0 amide bonds. The van der Waals surface area contributed by atoms with Crippen molar-refractivity contribution >= 4 is 23.2 Å². The minimum Gasteiger partial charge on any atom is -0.314 e. The molecule has 1 unspecified atom stereocenters. The molecule has 2 nitrogen and oxygen atoms in total. The highest BCUT2D eigenvalue weighted by Gasteiger charge is 2.11. The molecule has 0 saturated heterocycles. The maximum absolute atomic E-state index is 6.25. The van der Waals surface area contributed by atoms with Crippen molar-refractivity contribution in [3.63, 3.8) is 0 Å². The van der Waals surface area contributed by atoms with Crippen molar-refractivity contribution in [2.45, 2.75) is 32.2 Å². The Labute approximate surface area is 127 Å². The molecular formula is C15H24Cl2N2. The van der Waals surface area contributed by atoms with E-state index in [0.717, 1.165) is 37.4 Å². The molecule has 0 heterocycles. The molecule has 0 saturated carbocycles. The van der Waals surface area contributed by atoms with Crippen molar-refractivity contribution in [3.05, 3.63) is 33.8 Å². The molecular weight excluding hydrogens is 279 g/mol. The predicted molar refractivity (Wildman–Crippen MR) is 85.4 cm³/mol. The van der Waals surface area contributed by atoms with Crippen molar-refractivity contribution in [3.8, 4) is 0 Å². The van der Waals surface area contributed by atoms with Gasteiger partial charge in [-0.15, -0.1) is 0 Å². The predicted octanol–water partition coefficient (Wildman–Crippen LogP) is 3.86. The Morgan fingerprint density at radius 1 is 1.26 bits per heavy atom. The number of nitrogens with one attached hydrogen (secondary N) is 1. The average molecular weight is 303 g/mol. The van der Waals surface area contributed by atoms with Gasteiger partial charge >= 0.3 is 0 Å². The summed E-state index contributed by atoms with van der Waals surface area (Å²) in [6.07, 6.45) is 3.21. The first-order chi connectivity index (χ1) is 9.02. The SMILES string of the molecule is CCCNC(CCN(C)C)Cc1ccc(Cl)cc1Cl. The first-order valence-electron chi connectivity index (χ1n) is 6.85. The Balaban J connectivity index is 2.63. The fourth-order valence-corrected chi connectivity index (χ4v) is 2.48. The van der Waals surface area contributed by atoms with E-state index < -0.39 is 0 Å². The van der Waals surface area contributed by atoms with Crippen LogP contribution >= 0.6 is 23.2 Å². The average Bonchev–Trinajstić information content (AvgIpc) is 2.35. The molecule has 0 spiro atoms. The van der Waals surface area contributed by atoms with E-state index in [1.54, 1.807) is 0 Å². The first kappa shape index (κ1) is 16.8. The fourth-order valence-electron chi connectivity index (χ4n) is 1.99. The Kier molecular flexibility index (Phi) is 7.77. The summed E-state index contributed by atoms with van der Waals surface area (Å²) in [4.78, 5) is 2.21. The summed E-state index contributed by atoms with van der Waals surface area (Å²) in [7, 11) is 4.21. The number of hydrogen-bond acceptors (Lipinski definition) is 2. The smallest absolute Gasteiger partial charge is 0.0453 e. The standard InChI is InChI=1S/C15H24Cl2N2/c1-4-8-18-14(7-9-19(2)3)10-12-5-6-13(16)11-15(12)17/h5-6,11,14,18H,4,7-10H2,1-3H3. The van der Waals surface area contributed by atoms with E-state index >= 15 is 0 Å². The third-order valence-electron chi connectivity index (χ3n) is 3.09. The number of nitrogens with zero attached hydrogens (tertiary/aromatic N) is 1. The normalized spacial score (nSPS) is 12.9. The second-order valence-electron chi connectivity index (χ2n) is 5.18. The molecule has 1 aromatic carbocycles. The molecule has 0 aliphatic heterocycles. The molecule has 0 aliphatic carbocycles. The zero-order valence-electron chi connectivity index (χ0n) is 12.0. The van der Waals surface area contributed by atoms with Crippen LogP contribution in [-0.2, 0) is 6.42 Å². The Hall–Kier alpha value is -0.280. The van der Waals surface area contributed by atoms with Gasteiger partial charge in [-0.2, -0.15) is 0 Å². The van der Waals surface area contributed by atoms with Crippen molar-refractivity contribution in [1.82, 2.24) is 10.2 Å². The lowest BCUT2D eigenvalue weighted by molar-refractivity contribution is 0.356. The highest BCUT2D eigenvalue weighted by atomic mass is 35.5. The molecule has 19 heavy (non-hydrogen) atoms. The van der Waals surface area contributed by atoms with Crippen LogP contribution in [0.4, 0.5) is 0 Å². The van der Waals surface area contributed by atoms with Crippen LogP contribution in [0.5, 0.6) is 0 Å². The van der Waals surface area contributed by atoms with Crippen LogP contribution < -0.4 is 5.32 Å². The van der Waals surface area contributed by atoms with Crippen molar-refractivity contribution in [2.75, 3.05) is 27.2 Å². The lowest BCUT2D eigenvalue weighted by Gasteiger charge is -2.21. The van der Waals surface area contributed by atoms with Gasteiger partial charge in [0.15, 0.2) is 0 Å². The summed E-state index contributed by atoms with van der Waals surface area (Å²) < 4.78 is 0. The van der Waals surface area contributed by atoms with Gasteiger partial charge in [0.1, 0.15) is 0 Å². The number of benzene rings is 1. The van der Waals surface area contributed by atoms with Gasteiger partial charge in [-0.3, -0.25) is 0 Å². The van der Waals surface area contributed by atoms with Crippen molar-refractivity contribution in [2.24, 2.45) is 0 Å². The van der Waals surface area contributed by atoms with Gasteiger partial charge < -0.3 is 10.2 Å². The summed E-state index contributed by atoms with van der Waals surface area (Å²) in [5.74, 6) is 0. The van der Waals surface area contributed by atoms with Crippen LogP contribution in [0.15, 0.2) is 18.2 Å². The van der Waals surface area contributed by atoms with Crippen LogP contribution in [-0.4, -0.2) is 38.1 Å². The van der Waals surface area contributed by atoms with E-state index in [0.29, 0.717) is 11.1 Å². The molecule has 0 radical (unpaired) electrons.